The number of hydrogen-bond acceptors (Lipinski definition) is 11. The van der Waals surface area contributed by atoms with Crippen LogP contribution in [0.25, 0.3) is 10.8 Å². The van der Waals surface area contributed by atoms with Crippen LogP contribution >= 0.6 is 0 Å². The van der Waals surface area contributed by atoms with Crippen molar-refractivity contribution in [3.8, 4) is 34.5 Å². The third kappa shape index (κ3) is 10.3. The summed E-state index contributed by atoms with van der Waals surface area (Å²) < 4.78 is 11.6. The smallest absolute Gasteiger partial charge is 0.200 e. The van der Waals surface area contributed by atoms with Crippen molar-refractivity contribution in [1.29, 1.82) is 0 Å². The first kappa shape index (κ1) is 47.4. The van der Waals surface area contributed by atoms with Crippen LogP contribution in [0.1, 0.15) is 99.4 Å². The summed E-state index contributed by atoms with van der Waals surface area (Å²) in [5.74, 6) is -0.306. The van der Waals surface area contributed by atoms with Gasteiger partial charge in [0.25, 0.3) is 0 Å². The van der Waals surface area contributed by atoms with E-state index in [0.29, 0.717) is 62.6 Å². The van der Waals surface area contributed by atoms with E-state index in [4.69, 9.17) is 9.47 Å². The Bertz CT molecular complexity index is 2590. The Kier molecular flexibility index (Phi) is 14.7. The molecule has 0 saturated heterocycles. The van der Waals surface area contributed by atoms with Crippen LogP contribution in [-0.4, -0.2) is 76.3 Å². The number of fused-ring (bicyclic) bond motifs is 5. The number of aliphatic hydroxyl groups is 1. The van der Waals surface area contributed by atoms with Gasteiger partial charge in [-0.2, -0.15) is 0 Å². The molecule has 4 aromatic carbocycles. The van der Waals surface area contributed by atoms with E-state index >= 15 is 4.79 Å². The van der Waals surface area contributed by atoms with Gasteiger partial charge in [-0.05, 0) is 176 Å². The number of aromatic amines is 1. The fraction of sp³-hybridized carbons (Fsp3) is 0.436. The van der Waals surface area contributed by atoms with Gasteiger partial charge in [-0.15, -0.1) is 0 Å². The van der Waals surface area contributed by atoms with Gasteiger partial charge < -0.3 is 55.9 Å². The summed E-state index contributed by atoms with van der Waals surface area (Å²) in [4.78, 5) is 19.6. The average Bonchev–Trinajstić information content (AvgIpc) is 3.99. The van der Waals surface area contributed by atoms with Gasteiger partial charge >= 0.3 is 0 Å². The van der Waals surface area contributed by atoms with Gasteiger partial charge in [0.05, 0.1) is 25.7 Å². The van der Waals surface area contributed by atoms with Gasteiger partial charge in [0.15, 0.2) is 23.0 Å². The van der Waals surface area contributed by atoms with Crippen molar-refractivity contribution in [1.82, 2.24) is 15.6 Å². The Balaban J connectivity index is 1.31. The molecule has 2 aliphatic heterocycles. The monoisotopic (exact) mass is 913 g/mol. The number of benzene rings is 4. The van der Waals surface area contributed by atoms with Crippen molar-refractivity contribution in [2.45, 2.75) is 96.0 Å². The highest BCUT2D eigenvalue weighted by molar-refractivity contribution is 5.92. The highest BCUT2D eigenvalue weighted by Crippen LogP contribution is 2.58. The lowest BCUT2D eigenvalue weighted by molar-refractivity contribution is -0.134. The van der Waals surface area contributed by atoms with Gasteiger partial charge in [-0.3, -0.25) is 4.79 Å². The lowest BCUT2D eigenvalue weighted by Crippen LogP contribution is -2.48. The largest absolute Gasteiger partial charge is 0.508 e. The number of ketones is 1. The Morgan fingerprint density at radius 2 is 1.81 bits per heavy atom. The first-order chi connectivity index (χ1) is 32.4. The molecule has 5 aromatic rings. The summed E-state index contributed by atoms with van der Waals surface area (Å²) in [6, 6.07) is 22.1. The predicted octanol–water partition coefficient (Wildman–Crippen LogP) is 9.69. The number of Topliss-reactive ketones (excluding diaryl/α,β-unsaturated/α-hetero) is 1. The highest BCUT2D eigenvalue weighted by Gasteiger charge is 2.55. The van der Waals surface area contributed by atoms with Gasteiger partial charge in [0.2, 0.25) is 5.75 Å². The number of aromatic hydroxyl groups is 4. The molecule has 8 rings (SSSR count). The van der Waals surface area contributed by atoms with E-state index in [2.05, 4.69) is 59.1 Å². The van der Waals surface area contributed by atoms with Crippen molar-refractivity contribution in [2.24, 2.45) is 23.2 Å². The van der Waals surface area contributed by atoms with Gasteiger partial charge in [-0.25, -0.2) is 0 Å². The minimum absolute atomic E-state index is 0.00143. The van der Waals surface area contributed by atoms with Crippen molar-refractivity contribution >= 4 is 22.2 Å². The van der Waals surface area contributed by atoms with Crippen molar-refractivity contribution in [3.05, 3.63) is 125 Å². The maximum absolute atomic E-state index is 16.2. The number of H-pyrrole nitrogens is 1. The Morgan fingerprint density at radius 1 is 0.955 bits per heavy atom. The molecule has 12 heteroatoms. The lowest BCUT2D eigenvalue weighted by atomic mass is 9.58. The van der Waals surface area contributed by atoms with Crippen molar-refractivity contribution in [2.75, 3.05) is 39.2 Å². The van der Waals surface area contributed by atoms with Crippen LogP contribution in [0.3, 0.4) is 0 Å². The molecular formula is C55H68N4O8. The zero-order valence-corrected chi connectivity index (χ0v) is 39.3. The van der Waals surface area contributed by atoms with Crippen LogP contribution in [-0.2, 0) is 17.6 Å². The third-order valence-electron chi connectivity index (χ3n) is 14.6. The Hall–Kier alpha value is -6.11. The molecular weight excluding hydrogens is 845 g/mol. The highest BCUT2D eigenvalue weighted by atomic mass is 16.5. The number of carbonyl (C=O) groups excluding carboxylic acids is 1. The summed E-state index contributed by atoms with van der Waals surface area (Å²) in [5.41, 5.74) is 4.74. The van der Waals surface area contributed by atoms with E-state index in [9.17, 15) is 25.5 Å². The standard InChI is InChI=1S/C55H68N4O8/c1-33(2)8-7-23-67-50-29-37(28-48(64)54(50)65)36-25-38(32-56-3)52-43-15-14-42(60)26-35(43)13-16-44(52)59-51-31-40(19-22-58-51)55(20-5-9-39(55)30-41-10-6-21-57-41)53(47(63)27-36)46(62)18-12-34-11-17-45(61)49(24-34)66-4/h6,10-11,13-17,19,21,24,26,28-29,31,33,36,38-39,46,53,56-62,64-65H,5,7-9,12,18,20,22-23,25,27,30,32H2,1-4H3/t36-,38-,39-,46+,53-,55-/m0/s1. The van der Waals surface area contributed by atoms with E-state index in [1.54, 1.807) is 36.4 Å². The molecule has 3 aliphatic rings. The molecule has 0 amide bonds. The molecule has 1 fully saturated rings. The maximum Gasteiger partial charge on any atom is 0.200 e. The molecule has 12 nitrogen and oxygen atoms in total. The van der Waals surface area contributed by atoms with Crippen LogP contribution in [0.5, 0.6) is 34.5 Å². The van der Waals surface area contributed by atoms with E-state index in [1.165, 1.54) is 7.11 Å². The first-order valence-corrected chi connectivity index (χ1v) is 24.1. The summed E-state index contributed by atoms with van der Waals surface area (Å²) >= 11 is 0. The van der Waals surface area contributed by atoms with Crippen LogP contribution < -0.4 is 25.4 Å². The molecule has 1 aromatic heterocycles. The van der Waals surface area contributed by atoms with Gasteiger partial charge in [0, 0.05) is 42.5 Å². The Morgan fingerprint density at radius 3 is 2.58 bits per heavy atom. The topological polar surface area (TPSA) is 189 Å². The summed E-state index contributed by atoms with van der Waals surface area (Å²) in [6.45, 7) is 5.70. The zero-order chi connectivity index (χ0) is 47.2. The fourth-order valence-electron chi connectivity index (χ4n) is 11.5. The summed E-state index contributed by atoms with van der Waals surface area (Å²) in [7, 11) is 3.42. The second kappa shape index (κ2) is 20.8. The van der Waals surface area contributed by atoms with Gasteiger partial charge in [0.1, 0.15) is 17.4 Å². The number of dihydropyridines is 1. The molecule has 6 atom stereocenters. The maximum atomic E-state index is 16.2. The molecule has 1 aliphatic carbocycles. The number of aryl methyl sites for hydroxylation is 1. The van der Waals surface area contributed by atoms with Crippen LogP contribution in [0.4, 0.5) is 5.69 Å². The number of aromatic nitrogens is 1. The summed E-state index contributed by atoms with van der Waals surface area (Å²) in [6.07, 6.45) is 11.3. The number of allylic oxidation sites excluding steroid dienone is 2. The summed E-state index contributed by atoms with van der Waals surface area (Å²) in [5, 5.41) is 69.2. The molecule has 1 saturated carbocycles. The second-order valence-corrected chi connectivity index (χ2v) is 19.4. The van der Waals surface area contributed by atoms with Crippen molar-refractivity contribution in [3.63, 3.8) is 0 Å². The van der Waals surface area contributed by atoms with E-state index in [0.717, 1.165) is 70.4 Å². The molecule has 0 unspecified atom stereocenters. The fourth-order valence-corrected chi connectivity index (χ4v) is 11.5. The minimum Gasteiger partial charge on any atom is -0.508 e. The second-order valence-electron chi connectivity index (χ2n) is 19.4. The number of carbonyl (C=O) groups is 1. The molecule has 9 N–H and O–H groups in total. The number of anilines is 1. The number of methoxy groups -OCH3 is 1. The number of likely N-dealkylation sites (N-methyl/N-ethyl adjacent to an activating group) is 1. The molecule has 3 heterocycles. The van der Waals surface area contributed by atoms with Crippen LogP contribution in [0, 0.1) is 23.2 Å². The third-order valence-corrected chi connectivity index (χ3v) is 14.6. The number of hydrogen-bond donors (Lipinski definition) is 9. The zero-order valence-electron chi connectivity index (χ0n) is 39.3. The molecule has 67 heavy (non-hydrogen) atoms. The minimum atomic E-state index is -1.06. The number of phenols is 4. The number of aliphatic hydroxyl groups excluding tert-OH is 1. The Labute approximate surface area is 394 Å². The predicted molar refractivity (Wildman–Crippen MR) is 263 cm³/mol. The normalized spacial score (nSPS) is 22.4. The molecule has 0 radical (unpaired) electrons. The molecule has 1 spiro atoms. The SMILES string of the molecule is CNC[C@@H]1C[C@H](c2cc(O)c(O)c(OCCCC(C)C)c2)CC(=O)[C@H]([C@H](O)CCc2ccc(O)c(OC)c2)[C@]2(CCC[C@H]2Cc2ccc[nH]2)C2=CCNC(=C2)Nc2ccc3cc(O)ccc3c21. The number of phenolic OH excluding ortho intramolecular Hbond substituents is 4. The lowest BCUT2D eigenvalue weighted by Gasteiger charge is -2.46. The molecule has 356 valence electrons. The number of nitrogens with one attached hydrogen (secondary N) is 4. The number of ether oxygens (including phenoxy) is 2. The van der Waals surface area contributed by atoms with Gasteiger partial charge in [-0.1, -0.05) is 44.5 Å². The van der Waals surface area contributed by atoms with Crippen LogP contribution in [0.15, 0.2) is 103 Å². The quantitative estimate of drug-likeness (QED) is 0.0359. The van der Waals surface area contributed by atoms with E-state index in [-0.39, 0.29) is 59.2 Å². The average molecular weight is 913 g/mol. The van der Waals surface area contributed by atoms with E-state index in [1.807, 2.05) is 37.5 Å². The molecule has 2 bridgehead atoms. The van der Waals surface area contributed by atoms with E-state index < -0.39 is 23.4 Å². The van der Waals surface area contributed by atoms with Crippen LogP contribution in [0.2, 0.25) is 0 Å². The first-order valence-electron chi connectivity index (χ1n) is 24.1. The van der Waals surface area contributed by atoms with Crippen molar-refractivity contribution < 1.29 is 39.8 Å². The number of rotatable bonds is 15.